The zero-order valence-electron chi connectivity index (χ0n) is 20.3. The molecule has 1 aromatic heterocycles. The van der Waals surface area contributed by atoms with Crippen LogP contribution in [0.25, 0.3) is 38.4 Å². The van der Waals surface area contributed by atoms with Gasteiger partial charge >= 0.3 is 0 Å². The fourth-order valence-corrected chi connectivity index (χ4v) is 4.61. The average Bonchev–Trinajstić information content (AvgIpc) is 3.25. The third kappa shape index (κ3) is 4.56. The monoisotopic (exact) mass is 461 g/mol. The van der Waals surface area contributed by atoms with E-state index in [1.807, 2.05) is 57.2 Å². The number of nitrogens with one attached hydrogen (secondary N) is 1. The van der Waals surface area contributed by atoms with E-state index in [0.717, 1.165) is 50.0 Å². The molecule has 0 aliphatic rings. The van der Waals surface area contributed by atoms with E-state index < -0.39 is 0 Å². The standard InChI is InChI=1S/C31H27NO3/c1-19-11-20(2)13-25(12-19)32-31(33)14-21(3)26-16-27-28(18-35-30(27)17-29(26)34-4)24-10-9-22-7-5-6-8-23(22)15-24/h5-18H,1-4H3,(H,32,33)/b21-14+. The van der Waals surface area contributed by atoms with Crippen molar-refractivity contribution in [1.29, 1.82) is 0 Å². The van der Waals surface area contributed by atoms with Gasteiger partial charge in [-0.3, -0.25) is 4.79 Å². The molecule has 35 heavy (non-hydrogen) atoms. The van der Waals surface area contributed by atoms with Gasteiger partial charge in [0.1, 0.15) is 11.3 Å². The van der Waals surface area contributed by atoms with Gasteiger partial charge in [-0.1, -0.05) is 42.5 Å². The molecule has 0 fully saturated rings. The molecule has 174 valence electrons. The molecule has 4 heteroatoms. The highest BCUT2D eigenvalue weighted by Gasteiger charge is 2.15. The lowest BCUT2D eigenvalue weighted by atomic mass is 9.97. The van der Waals surface area contributed by atoms with Crippen molar-refractivity contribution in [1.82, 2.24) is 0 Å². The first-order chi connectivity index (χ1) is 16.9. The Kier molecular flexibility index (Phi) is 5.87. The quantitative estimate of drug-likeness (QED) is 0.270. The maximum absolute atomic E-state index is 12.8. The molecule has 0 bridgehead atoms. The summed E-state index contributed by atoms with van der Waals surface area (Å²) in [6.07, 6.45) is 3.39. The normalized spacial score (nSPS) is 11.7. The first kappa shape index (κ1) is 22.5. The molecule has 5 rings (SSSR count). The third-order valence-electron chi connectivity index (χ3n) is 6.22. The number of hydrogen-bond donors (Lipinski definition) is 1. The van der Waals surface area contributed by atoms with E-state index in [2.05, 4.69) is 41.7 Å². The van der Waals surface area contributed by atoms with Crippen LogP contribution in [0.2, 0.25) is 0 Å². The summed E-state index contributed by atoms with van der Waals surface area (Å²) in [5.41, 5.74) is 7.46. The SMILES string of the molecule is COc1cc2occ(-c3ccc4ccccc4c3)c2cc1/C(C)=C/C(=O)Nc1cc(C)cc(C)c1. The lowest BCUT2D eigenvalue weighted by Gasteiger charge is -2.11. The molecule has 4 aromatic carbocycles. The molecule has 0 unspecified atom stereocenters. The Labute approximate surface area is 204 Å². The Morgan fingerprint density at radius 3 is 2.40 bits per heavy atom. The molecule has 0 radical (unpaired) electrons. The number of amides is 1. The second kappa shape index (κ2) is 9.15. The highest BCUT2D eigenvalue weighted by Crippen LogP contribution is 2.38. The van der Waals surface area contributed by atoms with Crippen LogP contribution in [0.5, 0.6) is 5.75 Å². The van der Waals surface area contributed by atoms with Crippen molar-refractivity contribution in [2.45, 2.75) is 20.8 Å². The number of methoxy groups -OCH3 is 1. The molecule has 0 saturated heterocycles. The largest absolute Gasteiger partial charge is 0.496 e. The number of carbonyl (C=O) groups excluding carboxylic acids is 1. The minimum atomic E-state index is -0.184. The average molecular weight is 462 g/mol. The highest BCUT2D eigenvalue weighted by atomic mass is 16.5. The van der Waals surface area contributed by atoms with Crippen molar-refractivity contribution in [3.8, 4) is 16.9 Å². The van der Waals surface area contributed by atoms with Gasteiger partial charge < -0.3 is 14.5 Å². The molecule has 1 N–H and O–H groups in total. The fraction of sp³-hybridized carbons (Fsp3) is 0.129. The van der Waals surface area contributed by atoms with Gasteiger partial charge in [0.2, 0.25) is 5.91 Å². The summed E-state index contributed by atoms with van der Waals surface area (Å²) >= 11 is 0. The topological polar surface area (TPSA) is 51.5 Å². The molecule has 0 aliphatic carbocycles. The molecular weight excluding hydrogens is 434 g/mol. The van der Waals surface area contributed by atoms with Crippen LogP contribution in [0.1, 0.15) is 23.6 Å². The molecule has 1 heterocycles. The summed E-state index contributed by atoms with van der Waals surface area (Å²) in [5.74, 6) is 0.474. The number of ether oxygens (including phenoxy) is 1. The molecule has 5 aromatic rings. The Morgan fingerprint density at radius 1 is 0.914 bits per heavy atom. The number of carbonyl (C=O) groups is 1. The molecular formula is C31H27NO3. The van der Waals surface area contributed by atoms with Crippen LogP contribution in [-0.4, -0.2) is 13.0 Å². The zero-order valence-corrected chi connectivity index (χ0v) is 20.3. The predicted molar refractivity (Wildman–Crippen MR) is 144 cm³/mol. The van der Waals surface area contributed by atoms with Crippen molar-refractivity contribution >= 4 is 38.9 Å². The van der Waals surface area contributed by atoms with E-state index >= 15 is 0 Å². The second-order valence-corrected chi connectivity index (χ2v) is 8.95. The maximum Gasteiger partial charge on any atom is 0.248 e. The number of allylic oxidation sites excluding steroid dienone is 1. The Hall–Kier alpha value is -4.31. The van der Waals surface area contributed by atoms with Crippen molar-refractivity contribution < 1.29 is 13.9 Å². The van der Waals surface area contributed by atoms with E-state index in [1.54, 1.807) is 19.4 Å². The van der Waals surface area contributed by atoms with Gasteiger partial charge in [0.25, 0.3) is 0 Å². The number of rotatable bonds is 5. The maximum atomic E-state index is 12.8. The fourth-order valence-electron chi connectivity index (χ4n) is 4.61. The molecule has 1 amide bonds. The molecule has 4 nitrogen and oxygen atoms in total. The van der Waals surface area contributed by atoms with Gasteiger partial charge in [-0.05, 0) is 78.1 Å². The Balaban J connectivity index is 1.53. The van der Waals surface area contributed by atoms with Crippen molar-refractivity contribution in [3.63, 3.8) is 0 Å². The molecule has 0 saturated carbocycles. The van der Waals surface area contributed by atoms with Crippen LogP contribution in [0, 0.1) is 13.8 Å². The molecule has 0 spiro atoms. The zero-order chi connectivity index (χ0) is 24.5. The number of hydrogen-bond acceptors (Lipinski definition) is 3. The first-order valence-corrected chi connectivity index (χ1v) is 11.6. The Morgan fingerprint density at radius 2 is 1.66 bits per heavy atom. The number of benzene rings is 4. The van der Waals surface area contributed by atoms with E-state index in [-0.39, 0.29) is 5.91 Å². The second-order valence-electron chi connectivity index (χ2n) is 8.95. The lowest BCUT2D eigenvalue weighted by Crippen LogP contribution is -2.09. The third-order valence-corrected chi connectivity index (χ3v) is 6.22. The van der Waals surface area contributed by atoms with Crippen LogP contribution in [0.15, 0.2) is 89.6 Å². The lowest BCUT2D eigenvalue weighted by molar-refractivity contribution is -0.111. The highest BCUT2D eigenvalue weighted by molar-refractivity contribution is 6.05. The predicted octanol–water partition coefficient (Wildman–Crippen LogP) is 7.92. The minimum absolute atomic E-state index is 0.184. The van der Waals surface area contributed by atoms with Gasteiger partial charge in [-0.2, -0.15) is 0 Å². The summed E-state index contributed by atoms with van der Waals surface area (Å²) in [6, 6.07) is 24.6. The number of aryl methyl sites for hydroxylation is 2. The summed E-state index contributed by atoms with van der Waals surface area (Å²) in [6.45, 7) is 5.95. The van der Waals surface area contributed by atoms with E-state index in [9.17, 15) is 4.79 Å². The van der Waals surface area contributed by atoms with Crippen LogP contribution in [0.4, 0.5) is 5.69 Å². The van der Waals surface area contributed by atoms with Gasteiger partial charge in [-0.25, -0.2) is 0 Å². The van der Waals surface area contributed by atoms with Crippen LogP contribution >= 0.6 is 0 Å². The number of fused-ring (bicyclic) bond motifs is 2. The summed E-state index contributed by atoms with van der Waals surface area (Å²) in [4.78, 5) is 12.8. The van der Waals surface area contributed by atoms with Gasteiger partial charge in [-0.15, -0.1) is 0 Å². The summed E-state index contributed by atoms with van der Waals surface area (Å²) in [7, 11) is 1.63. The van der Waals surface area contributed by atoms with Crippen molar-refractivity contribution in [3.05, 3.63) is 102 Å². The first-order valence-electron chi connectivity index (χ1n) is 11.6. The van der Waals surface area contributed by atoms with E-state index in [1.165, 1.54) is 10.8 Å². The van der Waals surface area contributed by atoms with Crippen LogP contribution in [0.3, 0.4) is 0 Å². The minimum Gasteiger partial charge on any atom is -0.496 e. The summed E-state index contributed by atoms with van der Waals surface area (Å²) < 4.78 is 11.5. The van der Waals surface area contributed by atoms with Gasteiger partial charge in [0.15, 0.2) is 0 Å². The van der Waals surface area contributed by atoms with Crippen molar-refractivity contribution in [2.24, 2.45) is 0 Å². The van der Waals surface area contributed by atoms with Crippen LogP contribution in [-0.2, 0) is 4.79 Å². The van der Waals surface area contributed by atoms with Gasteiger partial charge in [0, 0.05) is 34.3 Å². The van der Waals surface area contributed by atoms with E-state index in [0.29, 0.717) is 5.75 Å². The number of furan rings is 1. The summed E-state index contributed by atoms with van der Waals surface area (Å²) in [5, 5.41) is 6.31. The molecule has 0 atom stereocenters. The van der Waals surface area contributed by atoms with Gasteiger partial charge in [0.05, 0.1) is 13.4 Å². The smallest absolute Gasteiger partial charge is 0.248 e. The Bertz CT molecular complexity index is 1590. The number of anilines is 1. The molecule has 0 aliphatic heterocycles. The van der Waals surface area contributed by atoms with E-state index in [4.69, 9.17) is 9.15 Å². The van der Waals surface area contributed by atoms with Crippen LogP contribution < -0.4 is 10.1 Å². The van der Waals surface area contributed by atoms with Crippen molar-refractivity contribution in [2.75, 3.05) is 12.4 Å².